The third-order valence-electron chi connectivity index (χ3n) is 3.84. The number of hydrogen-bond acceptors (Lipinski definition) is 5. The molecule has 0 aromatic heterocycles. The van der Waals surface area contributed by atoms with Crippen molar-refractivity contribution < 1.29 is 22.4 Å². The van der Waals surface area contributed by atoms with E-state index in [1.807, 2.05) is 24.3 Å². The summed E-state index contributed by atoms with van der Waals surface area (Å²) in [5, 5.41) is 0. The molecule has 144 valence electrons. The molecule has 25 heavy (non-hydrogen) atoms. The molecule has 6 nitrogen and oxygen atoms in total. The Morgan fingerprint density at radius 2 is 1.60 bits per heavy atom. The lowest BCUT2D eigenvalue weighted by Crippen LogP contribution is -2.17. The number of nitrogen functional groups attached to an aromatic ring is 1. The summed E-state index contributed by atoms with van der Waals surface area (Å²) in [6.07, 6.45) is 11.3. The molecule has 0 radical (unpaired) electrons. The van der Waals surface area contributed by atoms with Gasteiger partial charge in [-0.15, -0.1) is 0 Å². The third kappa shape index (κ3) is 13.6. The molecule has 0 atom stereocenters. The van der Waals surface area contributed by atoms with Crippen LogP contribution in [0.5, 0.6) is 5.75 Å². The zero-order valence-electron chi connectivity index (χ0n) is 15.0. The first-order chi connectivity index (χ1) is 11.8. The Hall–Kier alpha value is -1.31. The molecule has 1 aromatic carbocycles. The van der Waals surface area contributed by atoms with Gasteiger partial charge in [-0.3, -0.25) is 4.55 Å². The summed E-state index contributed by atoms with van der Waals surface area (Å²) in [6, 6.07) is 7.57. The molecule has 0 heterocycles. The maximum Gasteiger partial charge on any atom is 0.261 e. The van der Waals surface area contributed by atoms with Crippen LogP contribution in [-0.2, 0) is 14.9 Å². The Bertz CT molecular complexity index is 545. The second-order valence-corrected chi connectivity index (χ2v) is 7.81. The predicted octanol–water partition coefficient (Wildman–Crippen LogP) is 3.67. The number of rotatable bonds is 8. The summed E-state index contributed by atoms with van der Waals surface area (Å²) in [5.74, 6) is 0.901. The molecule has 0 aliphatic heterocycles. The van der Waals surface area contributed by atoms with E-state index in [-0.39, 0.29) is 0 Å². The summed E-state index contributed by atoms with van der Waals surface area (Å²) < 4.78 is 37.4. The average Bonchev–Trinajstić information content (AvgIpc) is 2.55. The number of unbranched alkanes of at least 4 members (excludes halogenated alkanes) is 2. The molecular formula is C18H31NO5S. The van der Waals surface area contributed by atoms with Crippen LogP contribution >= 0.6 is 0 Å². The van der Waals surface area contributed by atoms with Crippen LogP contribution in [-0.4, -0.2) is 38.5 Å². The van der Waals surface area contributed by atoms with Gasteiger partial charge in [0.25, 0.3) is 10.1 Å². The first-order valence-corrected chi connectivity index (χ1v) is 10.7. The first-order valence-electron chi connectivity index (χ1n) is 8.87. The predicted molar refractivity (Wildman–Crippen MR) is 100 cm³/mol. The molecule has 1 aromatic rings. The monoisotopic (exact) mass is 373 g/mol. The van der Waals surface area contributed by atoms with Gasteiger partial charge in [0, 0.05) is 12.3 Å². The van der Waals surface area contributed by atoms with Gasteiger partial charge < -0.3 is 15.2 Å². The summed E-state index contributed by atoms with van der Waals surface area (Å²) in [5.41, 5.74) is 6.40. The van der Waals surface area contributed by atoms with Crippen LogP contribution in [0.3, 0.4) is 0 Å². The molecule has 0 bridgehead atoms. The first kappa shape index (κ1) is 21.7. The molecule has 1 fully saturated rings. The fourth-order valence-corrected chi connectivity index (χ4v) is 2.62. The molecule has 1 saturated carbocycles. The summed E-state index contributed by atoms with van der Waals surface area (Å²) in [7, 11) is -3.67. The highest BCUT2D eigenvalue weighted by Gasteiger charge is 2.12. The van der Waals surface area contributed by atoms with Crippen LogP contribution in [0.2, 0.25) is 0 Å². The van der Waals surface area contributed by atoms with E-state index in [9.17, 15) is 8.42 Å². The van der Waals surface area contributed by atoms with Gasteiger partial charge in [0.2, 0.25) is 0 Å². The van der Waals surface area contributed by atoms with Crippen LogP contribution in [0.25, 0.3) is 0 Å². The van der Waals surface area contributed by atoms with E-state index in [1.54, 1.807) is 0 Å². The van der Waals surface area contributed by atoms with E-state index in [0.29, 0.717) is 12.4 Å². The van der Waals surface area contributed by atoms with E-state index in [1.165, 1.54) is 38.5 Å². The zero-order chi connectivity index (χ0) is 18.5. The van der Waals surface area contributed by atoms with Crippen LogP contribution in [0.15, 0.2) is 24.3 Å². The van der Waals surface area contributed by atoms with Crippen LogP contribution in [0.1, 0.15) is 51.4 Å². The SMILES string of the molecule is CS(=O)(=O)O.Nc1ccc(OCCCCCOC2CCCCC2)cc1. The number of benzene rings is 1. The lowest BCUT2D eigenvalue weighted by atomic mass is 9.98. The van der Waals surface area contributed by atoms with E-state index in [0.717, 1.165) is 37.5 Å². The summed E-state index contributed by atoms with van der Waals surface area (Å²) >= 11 is 0. The lowest BCUT2D eigenvalue weighted by Gasteiger charge is -2.21. The van der Waals surface area contributed by atoms with Crippen molar-refractivity contribution in [3.63, 3.8) is 0 Å². The molecule has 3 N–H and O–H groups in total. The molecule has 0 spiro atoms. The third-order valence-corrected chi connectivity index (χ3v) is 3.84. The smallest absolute Gasteiger partial charge is 0.261 e. The van der Waals surface area contributed by atoms with Gasteiger partial charge in [-0.25, -0.2) is 0 Å². The van der Waals surface area contributed by atoms with Crippen molar-refractivity contribution in [2.45, 2.75) is 57.5 Å². The fourth-order valence-electron chi connectivity index (χ4n) is 2.62. The molecule has 2 rings (SSSR count). The second-order valence-electron chi connectivity index (χ2n) is 6.34. The highest BCUT2D eigenvalue weighted by atomic mass is 32.2. The number of nitrogens with two attached hydrogens (primary N) is 1. The van der Waals surface area contributed by atoms with Crippen LogP contribution < -0.4 is 10.5 Å². The van der Waals surface area contributed by atoms with Crippen molar-refractivity contribution in [3.8, 4) is 5.75 Å². The molecule has 0 amide bonds. The van der Waals surface area contributed by atoms with Crippen molar-refractivity contribution >= 4 is 15.8 Å². The number of hydrogen-bond donors (Lipinski definition) is 2. The van der Waals surface area contributed by atoms with E-state index in [2.05, 4.69) is 0 Å². The van der Waals surface area contributed by atoms with Crippen molar-refractivity contribution in [3.05, 3.63) is 24.3 Å². The summed E-state index contributed by atoms with van der Waals surface area (Å²) in [4.78, 5) is 0. The maximum atomic E-state index is 9.19. The standard InChI is InChI=1S/C17H27NO2.CH4O3S/c18-15-9-11-17(12-10-15)20-14-6-2-5-13-19-16-7-3-1-4-8-16;1-5(2,3)4/h9-12,16H,1-8,13-14,18H2;1H3,(H,2,3,4). The van der Waals surface area contributed by atoms with Crippen LogP contribution in [0, 0.1) is 0 Å². The van der Waals surface area contributed by atoms with Crippen molar-refractivity contribution in [1.29, 1.82) is 0 Å². The largest absolute Gasteiger partial charge is 0.494 e. The Morgan fingerprint density at radius 1 is 1.04 bits per heavy atom. The van der Waals surface area contributed by atoms with Crippen molar-refractivity contribution in [2.75, 3.05) is 25.2 Å². The van der Waals surface area contributed by atoms with E-state index < -0.39 is 10.1 Å². The van der Waals surface area contributed by atoms with Gasteiger partial charge >= 0.3 is 0 Å². The highest BCUT2D eigenvalue weighted by Crippen LogP contribution is 2.20. The highest BCUT2D eigenvalue weighted by molar-refractivity contribution is 7.85. The molecule has 1 aliphatic carbocycles. The summed E-state index contributed by atoms with van der Waals surface area (Å²) in [6.45, 7) is 1.68. The minimum atomic E-state index is -3.67. The minimum absolute atomic E-state index is 0.537. The van der Waals surface area contributed by atoms with Gasteiger partial charge in [-0.1, -0.05) is 19.3 Å². The minimum Gasteiger partial charge on any atom is -0.494 e. The van der Waals surface area contributed by atoms with Gasteiger partial charge in [0.15, 0.2) is 0 Å². The van der Waals surface area contributed by atoms with Gasteiger partial charge in [-0.05, 0) is 56.4 Å². The second kappa shape index (κ2) is 12.1. The Labute approximate surface area is 151 Å². The molecule has 0 saturated heterocycles. The van der Waals surface area contributed by atoms with Crippen LogP contribution in [0.4, 0.5) is 5.69 Å². The molecule has 7 heteroatoms. The average molecular weight is 374 g/mol. The maximum absolute atomic E-state index is 9.19. The van der Waals surface area contributed by atoms with Crippen molar-refractivity contribution in [2.24, 2.45) is 0 Å². The van der Waals surface area contributed by atoms with Gasteiger partial charge in [-0.2, -0.15) is 8.42 Å². The Balaban J connectivity index is 0.000000550. The topological polar surface area (TPSA) is 98.9 Å². The fraction of sp³-hybridized carbons (Fsp3) is 0.667. The quantitative estimate of drug-likeness (QED) is 0.410. The van der Waals surface area contributed by atoms with E-state index >= 15 is 0 Å². The van der Waals surface area contributed by atoms with Crippen molar-refractivity contribution in [1.82, 2.24) is 0 Å². The van der Waals surface area contributed by atoms with Gasteiger partial charge in [0.1, 0.15) is 5.75 Å². The zero-order valence-corrected chi connectivity index (χ0v) is 15.8. The number of anilines is 1. The van der Waals surface area contributed by atoms with E-state index in [4.69, 9.17) is 19.8 Å². The normalized spacial score (nSPS) is 15.3. The van der Waals surface area contributed by atoms with Gasteiger partial charge in [0.05, 0.1) is 19.0 Å². The lowest BCUT2D eigenvalue weighted by molar-refractivity contribution is 0.0260. The molecule has 0 unspecified atom stereocenters. The Morgan fingerprint density at radius 3 is 2.20 bits per heavy atom. The molecule has 1 aliphatic rings. The number of ether oxygens (including phenoxy) is 2. The molecular weight excluding hydrogens is 342 g/mol. The Kier molecular flexibility index (Phi) is 10.5.